The molecule has 2 aliphatic carbocycles. The molecule has 45 heavy (non-hydrogen) atoms. The first-order valence-corrected chi connectivity index (χ1v) is 17.1. The molecule has 2 aromatic rings. The van der Waals surface area contributed by atoms with E-state index in [1.807, 2.05) is 55.5 Å². The predicted octanol–water partition coefficient (Wildman–Crippen LogP) is 4.41. The fourth-order valence-corrected chi connectivity index (χ4v) is 7.99. The van der Waals surface area contributed by atoms with Gasteiger partial charge in [0.05, 0.1) is 18.8 Å². The van der Waals surface area contributed by atoms with Gasteiger partial charge in [0.2, 0.25) is 11.8 Å². The molecule has 2 amide bonds. The van der Waals surface area contributed by atoms with Gasteiger partial charge < -0.3 is 20.5 Å². The monoisotopic (exact) mass is 619 g/mol. The molecule has 1 heterocycles. The highest BCUT2D eigenvalue weighted by Gasteiger charge is 2.45. The van der Waals surface area contributed by atoms with Crippen LogP contribution in [-0.4, -0.2) is 74.1 Å². The van der Waals surface area contributed by atoms with Crippen LogP contribution in [0.25, 0.3) is 0 Å². The molecule has 7 atom stereocenters. The van der Waals surface area contributed by atoms with Gasteiger partial charge >= 0.3 is 0 Å². The number of rotatable bonds is 13. The zero-order valence-corrected chi connectivity index (χ0v) is 27.1. The maximum Gasteiger partial charge on any atom is 0.223 e. The van der Waals surface area contributed by atoms with Gasteiger partial charge in [-0.25, -0.2) is 0 Å². The summed E-state index contributed by atoms with van der Waals surface area (Å²) in [4.78, 5) is 33.1. The molecule has 3 N–H and O–H groups in total. The average molecular weight is 620 g/mol. The zero-order chi connectivity index (χ0) is 31.6. The summed E-state index contributed by atoms with van der Waals surface area (Å²) in [5, 5.41) is 18.5. The van der Waals surface area contributed by atoms with Crippen molar-refractivity contribution in [3.8, 4) is 0 Å². The fraction of sp³-hybridized carbons (Fsp3) is 0.622. The van der Waals surface area contributed by atoms with Crippen LogP contribution in [-0.2, 0) is 32.0 Å². The molecule has 0 radical (unpaired) electrons. The third-order valence-electron chi connectivity index (χ3n) is 10.5. The summed E-state index contributed by atoms with van der Waals surface area (Å²) in [7, 11) is 1.81. The first kappa shape index (κ1) is 33.6. The molecule has 1 saturated heterocycles. The minimum absolute atomic E-state index is 0.0413. The molecule has 0 spiro atoms. The van der Waals surface area contributed by atoms with E-state index in [0.29, 0.717) is 32.0 Å². The Morgan fingerprint density at radius 3 is 2.00 bits per heavy atom. The molecule has 3 fully saturated rings. The lowest BCUT2D eigenvalue weighted by atomic mass is 9.64. The number of aliphatic hydroxyl groups is 1. The van der Waals surface area contributed by atoms with Gasteiger partial charge in [0.15, 0.2) is 0 Å². The number of hydrogen-bond donors (Lipinski definition) is 3. The molecule has 5 rings (SSSR count). The second-order valence-electron chi connectivity index (χ2n) is 13.6. The maximum atomic E-state index is 13.6. The normalized spacial score (nSPS) is 29.6. The van der Waals surface area contributed by atoms with Crippen LogP contribution in [0.5, 0.6) is 0 Å². The van der Waals surface area contributed by atoms with Gasteiger partial charge in [0.25, 0.3) is 0 Å². The molecule has 0 bridgehead atoms. The number of methoxy groups -OCH3 is 1. The van der Waals surface area contributed by atoms with Crippen molar-refractivity contribution in [3.63, 3.8) is 0 Å². The Morgan fingerprint density at radius 1 is 0.911 bits per heavy atom. The number of nitrogens with zero attached hydrogens (tertiary/aromatic N) is 1. The lowest BCUT2D eigenvalue weighted by molar-refractivity contribution is -0.146. The number of ether oxygens (including phenoxy) is 1. The van der Waals surface area contributed by atoms with Gasteiger partial charge in [-0.05, 0) is 74.8 Å². The van der Waals surface area contributed by atoms with Crippen molar-refractivity contribution in [3.05, 3.63) is 71.8 Å². The Balaban J connectivity index is 1.24. The van der Waals surface area contributed by atoms with Gasteiger partial charge in [-0.15, -0.1) is 0 Å². The summed E-state index contributed by atoms with van der Waals surface area (Å²) in [6, 6.07) is 20.4. The third-order valence-corrected chi connectivity index (χ3v) is 10.5. The number of carbonyl (C=O) groups is 2. The lowest BCUT2D eigenvalue weighted by Crippen LogP contribution is -2.48. The van der Waals surface area contributed by atoms with E-state index in [9.17, 15) is 14.7 Å². The van der Waals surface area contributed by atoms with Crippen molar-refractivity contribution in [1.29, 1.82) is 0 Å². The third kappa shape index (κ3) is 9.38. The number of aliphatic hydroxyl groups excluding tert-OH is 1. The Morgan fingerprint density at radius 2 is 1.49 bits per heavy atom. The molecule has 8 nitrogen and oxygen atoms in total. The Kier molecular flexibility index (Phi) is 12.4. The van der Waals surface area contributed by atoms with E-state index < -0.39 is 0 Å². The van der Waals surface area contributed by atoms with E-state index >= 15 is 0 Å². The Bertz CT molecular complexity index is 1130. The molecule has 8 heteroatoms. The van der Waals surface area contributed by atoms with E-state index in [1.54, 1.807) is 0 Å². The number of nitrogens with one attached hydrogen (secondary N) is 2. The van der Waals surface area contributed by atoms with E-state index in [1.165, 1.54) is 11.1 Å². The lowest BCUT2D eigenvalue weighted by Gasteiger charge is -2.45. The molecule has 1 aliphatic heterocycles. The topological polar surface area (TPSA) is 100 Å². The summed E-state index contributed by atoms with van der Waals surface area (Å²) in [5.41, 5.74) is 2.40. The van der Waals surface area contributed by atoms with Crippen LogP contribution >= 0.6 is 0 Å². The molecule has 5 unspecified atom stereocenters. The summed E-state index contributed by atoms with van der Waals surface area (Å²) in [6.45, 7) is 5.07. The first-order valence-electron chi connectivity index (χ1n) is 17.1. The van der Waals surface area contributed by atoms with Crippen LogP contribution < -0.4 is 10.6 Å². The summed E-state index contributed by atoms with van der Waals surface area (Å²) >= 11 is 0. The number of benzene rings is 2. The van der Waals surface area contributed by atoms with E-state index in [-0.39, 0.29) is 53.6 Å². The number of amides is 2. The van der Waals surface area contributed by atoms with Crippen LogP contribution in [0.3, 0.4) is 0 Å². The summed E-state index contributed by atoms with van der Waals surface area (Å²) in [5.74, 6) is 0.675. The highest BCUT2D eigenvalue weighted by atomic mass is 16.7. The van der Waals surface area contributed by atoms with Gasteiger partial charge in [-0.3, -0.25) is 14.4 Å². The van der Waals surface area contributed by atoms with E-state index in [0.717, 1.165) is 58.0 Å². The summed E-state index contributed by atoms with van der Waals surface area (Å²) in [6.07, 6.45) is 6.59. The number of hydroxylamine groups is 2. The van der Waals surface area contributed by atoms with Crippen molar-refractivity contribution >= 4 is 11.8 Å². The minimum atomic E-state index is -0.388. The Hall–Kier alpha value is -2.78. The van der Waals surface area contributed by atoms with Crippen LogP contribution in [0.2, 0.25) is 0 Å². The van der Waals surface area contributed by atoms with Gasteiger partial charge in [-0.1, -0.05) is 67.1 Å². The van der Waals surface area contributed by atoms with Crippen LogP contribution in [0, 0.1) is 35.5 Å². The quantitative estimate of drug-likeness (QED) is 0.307. The van der Waals surface area contributed by atoms with Gasteiger partial charge in [-0.2, -0.15) is 5.06 Å². The summed E-state index contributed by atoms with van der Waals surface area (Å²) < 4.78 is 6.24. The van der Waals surface area contributed by atoms with Crippen molar-refractivity contribution in [1.82, 2.24) is 15.7 Å². The molecule has 246 valence electrons. The van der Waals surface area contributed by atoms with Crippen molar-refractivity contribution < 1.29 is 24.3 Å². The fourth-order valence-electron chi connectivity index (χ4n) is 7.99. The standard InChI is InChI=1S/C37H53N3O5/c1-26(41)33-24-40(45-25-33)23-29-14-9-15-34(35(29)44-2)30-20-31(36(42)38-18-16-27-10-5-3-6-11-27)22-32(21-30)37(43)39-19-17-28-12-7-4-8-13-28/h3-8,10-13,26,29-35,41H,9,14-25H2,1-2H3,(H,38,42)(H,39,43)/t26-,29?,30?,31?,32?,33+,34?,35?/m0/s1. The van der Waals surface area contributed by atoms with E-state index in [2.05, 4.69) is 34.9 Å². The predicted molar refractivity (Wildman–Crippen MR) is 175 cm³/mol. The highest BCUT2D eigenvalue weighted by Crippen LogP contribution is 2.45. The van der Waals surface area contributed by atoms with Crippen LogP contribution in [0.15, 0.2) is 60.7 Å². The largest absolute Gasteiger partial charge is 0.393 e. The van der Waals surface area contributed by atoms with E-state index in [4.69, 9.17) is 9.57 Å². The second kappa shape index (κ2) is 16.7. The molecule has 3 aliphatic rings. The Labute approximate surface area is 269 Å². The minimum Gasteiger partial charge on any atom is -0.393 e. The molecule has 2 saturated carbocycles. The SMILES string of the molecule is COC1C(CN2C[C@@H]([C@H](C)O)CO2)CCCC1C1CC(C(=O)NCCc2ccccc2)CC(C(=O)NCCc2ccccc2)C1. The maximum absolute atomic E-state index is 13.6. The van der Waals surface area contributed by atoms with Gasteiger partial charge in [0, 0.05) is 57.0 Å². The second-order valence-corrected chi connectivity index (χ2v) is 13.6. The molecule has 0 aromatic heterocycles. The first-order chi connectivity index (χ1) is 21.9. The van der Waals surface area contributed by atoms with Crippen LogP contribution in [0.1, 0.15) is 56.6 Å². The smallest absolute Gasteiger partial charge is 0.223 e. The number of carbonyl (C=O) groups excluding carboxylic acids is 2. The van der Waals surface area contributed by atoms with Crippen molar-refractivity contribution in [2.24, 2.45) is 35.5 Å². The zero-order valence-electron chi connectivity index (χ0n) is 27.1. The van der Waals surface area contributed by atoms with Crippen molar-refractivity contribution in [2.45, 2.75) is 70.5 Å². The molecular formula is C37H53N3O5. The highest BCUT2D eigenvalue weighted by molar-refractivity contribution is 5.82. The van der Waals surface area contributed by atoms with Crippen LogP contribution in [0.4, 0.5) is 0 Å². The number of hydrogen-bond acceptors (Lipinski definition) is 6. The van der Waals surface area contributed by atoms with Crippen molar-refractivity contribution in [2.75, 3.05) is 39.9 Å². The van der Waals surface area contributed by atoms with Gasteiger partial charge in [0.1, 0.15) is 0 Å². The molecule has 2 aromatic carbocycles. The molecular weight excluding hydrogens is 566 g/mol. The average Bonchev–Trinajstić information content (AvgIpc) is 3.54.